The monoisotopic (exact) mass is 232 g/mol. The molecular weight excluding hydrogens is 226 g/mol. The number of carboxylic acid groups (broad SMARTS) is 1. The standard InChI is InChI=1S/C4H6FIO2/c5-2-1-3(6)4(7)8/h3H,1-2H2,(H,7,8). The van der Waals surface area contributed by atoms with Gasteiger partial charge in [-0.3, -0.25) is 9.18 Å². The number of aliphatic carboxylic acids is 1. The first kappa shape index (κ1) is 8.13. The second-order valence-corrected chi connectivity index (χ2v) is 2.79. The van der Waals surface area contributed by atoms with Crippen molar-refractivity contribution in [3.8, 4) is 0 Å². The normalized spacial score (nSPS) is 13.2. The van der Waals surface area contributed by atoms with E-state index >= 15 is 0 Å². The van der Waals surface area contributed by atoms with Gasteiger partial charge in [0.15, 0.2) is 0 Å². The summed E-state index contributed by atoms with van der Waals surface area (Å²) in [5.41, 5.74) is 0. The molecule has 4 heteroatoms. The molecule has 0 aromatic carbocycles. The molecule has 2 nitrogen and oxygen atoms in total. The Kier molecular flexibility index (Phi) is 4.12. The predicted octanol–water partition coefficient (Wildman–Crippen LogP) is 1.23. The van der Waals surface area contributed by atoms with E-state index in [1.807, 2.05) is 0 Å². The van der Waals surface area contributed by atoms with Crippen LogP contribution in [-0.2, 0) is 4.79 Å². The average molecular weight is 232 g/mol. The lowest BCUT2D eigenvalue weighted by molar-refractivity contribution is -0.136. The van der Waals surface area contributed by atoms with Crippen LogP contribution in [0.25, 0.3) is 0 Å². The summed E-state index contributed by atoms with van der Waals surface area (Å²) >= 11 is 1.69. The quantitative estimate of drug-likeness (QED) is 0.587. The summed E-state index contributed by atoms with van der Waals surface area (Å²) < 4.78 is 10.8. The van der Waals surface area contributed by atoms with E-state index in [1.165, 1.54) is 0 Å². The number of hydrogen-bond donors (Lipinski definition) is 1. The van der Waals surface area contributed by atoms with Gasteiger partial charge in [-0.15, -0.1) is 0 Å². The van der Waals surface area contributed by atoms with Gasteiger partial charge in [0.1, 0.15) is 3.92 Å². The Morgan fingerprint density at radius 2 is 2.38 bits per heavy atom. The largest absolute Gasteiger partial charge is 0.480 e. The summed E-state index contributed by atoms with van der Waals surface area (Å²) in [6.07, 6.45) is 0.107. The molecule has 0 aliphatic heterocycles. The van der Waals surface area contributed by atoms with Crippen LogP contribution in [0.15, 0.2) is 0 Å². The van der Waals surface area contributed by atoms with Crippen molar-refractivity contribution >= 4 is 28.6 Å². The fraction of sp³-hybridized carbons (Fsp3) is 0.750. The second-order valence-electron chi connectivity index (χ2n) is 1.28. The van der Waals surface area contributed by atoms with E-state index in [2.05, 4.69) is 0 Å². The first-order valence-electron chi connectivity index (χ1n) is 2.11. The van der Waals surface area contributed by atoms with Crippen LogP contribution in [0.1, 0.15) is 6.42 Å². The molecule has 0 fully saturated rings. The molecule has 0 aromatic rings. The zero-order valence-electron chi connectivity index (χ0n) is 4.10. The first-order chi connectivity index (χ1) is 3.68. The van der Waals surface area contributed by atoms with Gasteiger partial charge in [-0.05, 0) is 6.42 Å². The van der Waals surface area contributed by atoms with E-state index in [0.29, 0.717) is 0 Å². The number of carboxylic acids is 1. The highest BCUT2D eigenvalue weighted by atomic mass is 127. The molecule has 1 N–H and O–H groups in total. The van der Waals surface area contributed by atoms with Gasteiger partial charge in [0.05, 0.1) is 6.67 Å². The molecule has 0 aromatic heterocycles. The molecule has 1 atom stereocenters. The van der Waals surface area contributed by atoms with Crippen molar-refractivity contribution in [2.24, 2.45) is 0 Å². The lowest BCUT2D eigenvalue weighted by Crippen LogP contribution is -2.12. The Balaban J connectivity index is 3.32. The number of rotatable bonds is 3. The van der Waals surface area contributed by atoms with Crippen molar-refractivity contribution in [3.05, 3.63) is 0 Å². The summed E-state index contributed by atoms with van der Waals surface area (Å²) in [4.78, 5) is 9.92. The summed E-state index contributed by atoms with van der Waals surface area (Å²) in [5.74, 6) is -0.941. The van der Waals surface area contributed by atoms with Crippen LogP contribution in [0.4, 0.5) is 4.39 Å². The van der Waals surface area contributed by atoms with Crippen LogP contribution in [-0.4, -0.2) is 21.7 Å². The van der Waals surface area contributed by atoms with Gasteiger partial charge < -0.3 is 5.11 Å². The van der Waals surface area contributed by atoms with Gasteiger partial charge in [-0.25, -0.2) is 0 Å². The third-order valence-electron chi connectivity index (χ3n) is 0.631. The molecule has 0 amide bonds. The minimum atomic E-state index is -0.941. The number of alkyl halides is 2. The predicted molar refractivity (Wildman–Crippen MR) is 36.0 cm³/mol. The maximum absolute atomic E-state index is 11.3. The smallest absolute Gasteiger partial charge is 0.316 e. The van der Waals surface area contributed by atoms with Crippen molar-refractivity contribution < 1.29 is 14.3 Å². The molecule has 8 heavy (non-hydrogen) atoms. The van der Waals surface area contributed by atoms with Crippen molar-refractivity contribution in [3.63, 3.8) is 0 Å². The van der Waals surface area contributed by atoms with Gasteiger partial charge in [-0.1, -0.05) is 22.6 Å². The Bertz CT molecular complexity index is 86.1. The maximum atomic E-state index is 11.3. The molecule has 1 unspecified atom stereocenters. The highest BCUT2D eigenvalue weighted by Crippen LogP contribution is 2.04. The van der Waals surface area contributed by atoms with Crippen molar-refractivity contribution in [2.75, 3.05) is 6.67 Å². The van der Waals surface area contributed by atoms with Crippen molar-refractivity contribution in [1.29, 1.82) is 0 Å². The van der Waals surface area contributed by atoms with Crippen molar-refractivity contribution in [2.45, 2.75) is 10.3 Å². The zero-order chi connectivity index (χ0) is 6.57. The van der Waals surface area contributed by atoms with Crippen LogP contribution in [0.5, 0.6) is 0 Å². The Morgan fingerprint density at radius 1 is 1.88 bits per heavy atom. The Morgan fingerprint density at radius 3 is 2.50 bits per heavy atom. The third-order valence-corrected chi connectivity index (χ3v) is 1.79. The summed E-state index contributed by atoms with van der Waals surface area (Å²) in [7, 11) is 0. The second kappa shape index (κ2) is 4.05. The Labute approximate surface area is 60.2 Å². The van der Waals surface area contributed by atoms with Gasteiger partial charge in [0, 0.05) is 0 Å². The molecule has 0 radical (unpaired) electrons. The summed E-state index contributed by atoms with van der Waals surface area (Å²) in [5, 5.41) is 8.14. The van der Waals surface area contributed by atoms with E-state index in [-0.39, 0.29) is 6.42 Å². The highest BCUT2D eigenvalue weighted by Gasteiger charge is 2.10. The van der Waals surface area contributed by atoms with Gasteiger partial charge >= 0.3 is 5.97 Å². The van der Waals surface area contributed by atoms with Crippen LogP contribution in [0.2, 0.25) is 0 Å². The van der Waals surface area contributed by atoms with Crippen LogP contribution < -0.4 is 0 Å². The first-order valence-corrected chi connectivity index (χ1v) is 3.36. The molecular formula is C4H6FIO2. The molecule has 0 saturated carbocycles. The highest BCUT2D eigenvalue weighted by molar-refractivity contribution is 14.1. The number of halogens is 2. The van der Waals surface area contributed by atoms with Crippen LogP contribution in [0.3, 0.4) is 0 Å². The SMILES string of the molecule is O=C(O)C(I)CCF. The number of hydrogen-bond acceptors (Lipinski definition) is 1. The molecule has 48 valence electrons. The lowest BCUT2D eigenvalue weighted by atomic mass is 10.3. The topological polar surface area (TPSA) is 37.3 Å². The van der Waals surface area contributed by atoms with E-state index in [0.717, 1.165) is 0 Å². The summed E-state index contributed by atoms with van der Waals surface area (Å²) in [6, 6.07) is 0. The average Bonchev–Trinajstić information content (AvgIpc) is 1.67. The van der Waals surface area contributed by atoms with Gasteiger partial charge in [-0.2, -0.15) is 0 Å². The van der Waals surface area contributed by atoms with Crippen LogP contribution >= 0.6 is 22.6 Å². The van der Waals surface area contributed by atoms with Crippen LogP contribution in [0, 0.1) is 0 Å². The van der Waals surface area contributed by atoms with E-state index in [4.69, 9.17) is 5.11 Å². The molecule has 0 saturated heterocycles. The molecule has 0 rings (SSSR count). The maximum Gasteiger partial charge on any atom is 0.316 e. The van der Waals surface area contributed by atoms with Gasteiger partial charge in [0.25, 0.3) is 0 Å². The molecule has 0 spiro atoms. The molecule has 0 heterocycles. The minimum Gasteiger partial charge on any atom is -0.480 e. The summed E-state index contributed by atoms with van der Waals surface area (Å²) in [6.45, 7) is -0.556. The van der Waals surface area contributed by atoms with Gasteiger partial charge in [0.2, 0.25) is 0 Å². The molecule has 0 aliphatic rings. The third kappa shape index (κ3) is 3.17. The fourth-order valence-electron chi connectivity index (χ4n) is 0.219. The van der Waals surface area contributed by atoms with Crippen molar-refractivity contribution in [1.82, 2.24) is 0 Å². The zero-order valence-corrected chi connectivity index (χ0v) is 6.26. The number of carbonyl (C=O) groups is 1. The van der Waals surface area contributed by atoms with E-state index < -0.39 is 16.6 Å². The molecule has 0 bridgehead atoms. The van der Waals surface area contributed by atoms with E-state index in [9.17, 15) is 9.18 Å². The minimum absolute atomic E-state index is 0.107. The fourth-order valence-corrected chi connectivity index (χ4v) is 0.455. The Hall–Kier alpha value is 0.130. The van der Waals surface area contributed by atoms with E-state index in [1.54, 1.807) is 22.6 Å². The molecule has 0 aliphatic carbocycles. The lowest BCUT2D eigenvalue weighted by Gasteiger charge is -1.96.